The van der Waals surface area contributed by atoms with Crippen LogP contribution in [0.25, 0.3) is 0 Å². The monoisotopic (exact) mass is 698 g/mol. The minimum absolute atomic E-state index is 0. The summed E-state index contributed by atoms with van der Waals surface area (Å²) in [7, 11) is 1.95. The molecule has 3 N–H and O–H groups in total. The summed E-state index contributed by atoms with van der Waals surface area (Å²) in [6.45, 7) is 7.01. The van der Waals surface area contributed by atoms with E-state index in [0.717, 1.165) is 45.1 Å². The molecule has 2 saturated heterocycles. The number of amides is 1. The van der Waals surface area contributed by atoms with E-state index in [-0.39, 0.29) is 30.8 Å². The third-order valence-corrected chi connectivity index (χ3v) is 10.5. The summed E-state index contributed by atoms with van der Waals surface area (Å²) in [6, 6.07) is -1.00. The fourth-order valence-electron chi connectivity index (χ4n) is 6.72. The summed E-state index contributed by atoms with van der Waals surface area (Å²) < 4.78 is 11.9. The van der Waals surface area contributed by atoms with E-state index in [4.69, 9.17) is 21.1 Å². The molecule has 0 unspecified atom stereocenters. The van der Waals surface area contributed by atoms with Crippen LogP contribution in [0.15, 0.2) is 0 Å². The number of thioether (sulfide) groups is 1. The Morgan fingerprint density at radius 3 is 2.02 bits per heavy atom. The first-order valence-electron chi connectivity index (χ1n) is 17.5. The number of hydrogen-bond acceptors (Lipinski definition) is 8. The molecule has 2 fully saturated rings. The van der Waals surface area contributed by atoms with Crippen molar-refractivity contribution >= 4 is 47.6 Å². The van der Waals surface area contributed by atoms with Gasteiger partial charge in [0.15, 0.2) is 6.10 Å². The number of aliphatic hydroxyl groups excluding tert-OH is 2. The van der Waals surface area contributed by atoms with Crippen molar-refractivity contribution in [3.05, 3.63) is 0 Å². The highest BCUT2D eigenvalue weighted by molar-refractivity contribution is 7.99. The van der Waals surface area contributed by atoms with Gasteiger partial charge in [-0.15, -0.1) is 35.8 Å². The van der Waals surface area contributed by atoms with Gasteiger partial charge < -0.3 is 25.0 Å². The van der Waals surface area contributed by atoms with Gasteiger partial charge >= 0.3 is 5.97 Å². The average molecular weight is 700 g/mol. The number of ether oxygens (including phenoxy) is 2. The number of hydrogen-bond donors (Lipinski definition) is 3. The second-order valence-corrected chi connectivity index (χ2v) is 14.8. The summed E-state index contributed by atoms with van der Waals surface area (Å²) in [5.41, 5.74) is -0.702. The zero-order valence-corrected chi connectivity index (χ0v) is 31.0. The number of likely N-dealkylation sites (N-methyl/N-ethyl adjacent to an activating group) is 1. The van der Waals surface area contributed by atoms with E-state index in [1.165, 1.54) is 76.0 Å². The molecule has 45 heavy (non-hydrogen) atoms. The van der Waals surface area contributed by atoms with Crippen LogP contribution in [0, 0.1) is 5.92 Å². The first-order chi connectivity index (χ1) is 21.1. The lowest BCUT2D eigenvalue weighted by Gasteiger charge is -2.45. The van der Waals surface area contributed by atoms with E-state index < -0.39 is 47.2 Å². The highest BCUT2D eigenvalue weighted by Gasteiger charge is 2.50. The Morgan fingerprint density at radius 1 is 0.956 bits per heavy atom. The summed E-state index contributed by atoms with van der Waals surface area (Å²) >= 11 is 7.82. The molecule has 8 nitrogen and oxygen atoms in total. The highest BCUT2D eigenvalue weighted by atomic mass is 35.5. The van der Waals surface area contributed by atoms with Crippen molar-refractivity contribution in [1.82, 2.24) is 10.2 Å². The molecule has 2 aliphatic rings. The van der Waals surface area contributed by atoms with Gasteiger partial charge in [-0.3, -0.25) is 14.5 Å². The summed E-state index contributed by atoms with van der Waals surface area (Å²) in [4.78, 5) is 28.0. The lowest BCUT2D eigenvalue weighted by molar-refractivity contribution is -0.218. The molecule has 0 aliphatic carbocycles. The second kappa shape index (κ2) is 23.9. The fraction of sp³-hybridized carbons (Fsp3) is 0.941. The number of likely N-dealkylation sites (tertiary alicyclic amines) is 1. The Labute approximate surface area is 289 Å². The van der Waals surface area contributed by atoms with E-state index >= 15 is 0 Å². The number of alkyl halides is 1. The number of nitrogens with zero attached hydrogens (tertiary/aromatic N) is 1. The highest BCUT2D eigenvalue weighted by Crippen LogP contribution is 2.33. The molecule has 2 rings (SSSR count). The minimum Gasteiger partial charge on any atom is -0.456 e. The third kappa shape index (κ3) is 14.8. The van der Waals surface area contributed by atoms with Gasteiger partial charge in [0.2, 0.25) is 5.91 Å². The van der Waals surface area contributed by atoms with E-state index in [2.05, 4.69) is 24.1 Å². The number of esters is 1. The lowest BCUT2D eigenvalue weighted by atomic mass is 9.92. The van der Waals surface area contributed by atoms with Gasteiger partial charge in [0.05, 0.1) is 17.5 Å². The number of aliphatic hydroxyl groups is 2. The quantitative estimate of drug-likeness (QED) is 0.0641. The number of carbonyl (C=O) groups excluding carboxylic acids is 2. The van der Waals surface area contributed by atoms with Crippen LogP contribution in [0.3, 0.4) is 0 Å². The first kappa shape index (κ1) is 42.7. The predicted molar refractivity (Wildman–Crippen MR) is 188 cm³/mol. The lowest BCUT2D eigenvalue weighted by Crippen LogP contribution is -2.65. The summed E-state index contributed by atoms with van der Waals surface area (Å²) in [5.74, 6) is -0.0742. The van der Waals surface area contributed by atoms with Gasteiger partial charge in [-0.2, -0.15) is 0 Å². The van der Waals surface area contributed by atoms with Crippen molar-refractivity contribution in [2.75, 3.05) is 19.8 Å². The van der Waals surface area contributed by atoms with Crippen molar-refractivity contribution in [3.8, 4) is 0 Å². The fourth-order valence-corrected chi connectivity index (χ4v) is 7.65. The number of carbonyl (C=O) groups is 2. The van der Waals surface area contributed by atoms with E-state index in [1.807, 2.05) is 7.05 Å². The molecule has 0 bridgehead atoms. The second-order valence-electron chi connectivity index (χ2n) is 13.2. The molecule has 0 aromatic rings. The van der Waals surface area contributed by atoms with Crippen LogP contribution in [0.1, 0.15) is 130 Å². The normalized spacial score (nSPS) is 28.3. The molecule has 0 aromatic carbocycles. The van der Waals surface area contributed by atoms with Crippen molar-refractivity contribution in [2.45, 2.75) is 177 Å². The molecule has 0 spiro atoms. The van der Waals surface area contributed by atoms with Gasteiger partial charge in [-0.1, -0.05) is 97.3 Å². The van der Waals surface area contributed by atoms with Crippen molar-refractivity contribution in [1.29, 1.82) is 0 Å². The summed E-state index contributed by atoms with van der Waals surface area (Å²) in [5, 5.41) is 24.6. The maximum atomic E-state index is 13.3. The maximum Gasteiger partial charge on any atom is 0.306 e. The molecule has 11 heteroatoms. The number of rotatable bonds is 22. The Morgan fingerprint density at radius 2 is 1.51 bits per heavy atom. The van der Waals surface area contributed by atoms with E-state index in [0.29, 0.717) is 5.92 Å². The van der Waals surface area contributed by atoms with E-state index in [9.17, 15) is 19.8 Å². The SMILES string of the molecule is CCCCCCCCCCCCCCCC(=O)O[C@@H]1[C@H](O)[C@@H](O)[C@H]([C@@H](NC(=O)[C@H]2C[C@@H](CCC)CN2C)[C@@H](C)Cl)O[C@H]1SC.Cl. The van der Waals surface area contributed by atoms with Crippen LogP contribution in [0.2, 0.25) is 0 Å². The molecule has 1 amide bonds. The largest absolute Gasteiger partial charge is 0.456 e. The summed E-state index contributed by atoms with van der Waals surface area (Å²) in [6.07, 6.45) is 16.3. The van der Waals surface area contributed by atoms with Crippen LogP contribution in [-0.4, -0.2) is 94.2 Å². The molecule has 0 aromatic heterocycles. The zero-order valence-electron chi connectivity index (χ0n) is 28.6. The van der Waals surface area contributed by atoms with Gasteiger partial charge in [0, 0.05) is 13.0 Å². The smallest absolute Gasteiger partial charge is 0.306 e. The molecule has 266 valence electrons. The van der Waals surface area contributed by atoms with Gasteiger partial charge in [-0.05, 0) is 45.4 Å². The standard InChI is InChI=1S/C34H63ClN2O6S.ClH/c1-6-8-9-10-11-12-13-14-15-16-17-18-19-21-27(38)42-32-30(40)29(39)31(43-34(32)44-5)28(24(3)35)36-33(41)26-22-25(20-7-2)23-37(26)4;/h24-26,28-32,34,39-40H,6-23H2,1-5H3,(H,36,41);1H/t24-,25-,26-,28+,29-,30-,31+,32-,34+;/m1./s1. The molecule has 9 atom stereocenters. The first-order valence-corrected chi connectivity index (χ1v) is 19.2. The topological polar surface area (TPSA) is 108 Å². The van der Waals surface area contributed by atoms with Gasteiger partial charge in [-0.25, -0.2) is 0 Å². The van der Waals surface area contributed by atoms with Gasteiger partial charge in [0.25, 0.3) is 0 Å². The number of halogens is 2. The molecule has 2 aliphatic heterocycles. The Bertz CT molecular complexity index is 811. The molecule has 0 radical (unpaired) electrons. The van der Waals surface area contributed by atoms with Gasteiger partial charge in [0.1, 0.15) is 23.7 Å². The van der Waals surface area contributed by atoms with Crippen LogP contribution in [-0.2, 0) is 19.1 Å². The Kier molecular flexibility index (Phi) is 22.7. The zero-order chi connectivity index (χ0) is 32.5. The number of unbranched alkanes of at least 4 members (excludes halogenated alkanes) is 12. The third-order valence-electron chi connectivity index (χ3n) is 9.36. The minimum atomic E-state index is -1.38. The molecular weight excluding hydrogens is 635 g/mol. The van der Waals surface area contributed by atoms with E-state index in [1.54, 1.807) is 13.2 Å². The van der Waals surface area contributed by atoms with Crippen molar-refractivity contribution in [3.63, 3.8) is 0 Å². The predicted octanol–water partition coefficient (Wildman–Crippen LogP) is 6.84. The Balaban J connectivity index is 0.0000101. The average Bonchev–Trinajstić information content (AvgIpc) is 3.36. The Hall–Kier alpha value is -0.290. The number of nitrogens with one attached hydrogen (secondary N) is 1. The van der Waals surface area contributed by atoms with Crippen LogP contribution in [0.4, 0.5) is 0 Å². The van der Waals surface area contributed by atoms with Crippen molar-refractivity contribution in [2.24, 2.45) is 5.92 Å². The van der Waals surface area contributed by atoms with Crippen molar-refractivity contribution < 1.29 is 29.3 Å². The maximum absolute atomic E-state index is 13.3. The molecule has 2 heterocycles. The molecule has 0 saturated carbocycles. The van der Waals surface area contributed by atoms with Crippen LogP contribution < -0.4 is 5.32 Å². The van der Waals surface area contributed by atoms with Crippen LogP contribution in [0.5, 0.6) is 0 Å². The van der Waals surface area contributed by atoms with Crippen LogP contribution >= 0.6 is 35.8 Å². The molecular formula is C34H64Cl2N2O6S.